The van der Waals surface area contributed by atoms with Crippen molar-refractivity contribution >= 4 is 17.8 Å². The van der Waals surface area contributed by atoms with Gasteiger partial charge in [-0.05, 0) is 34.4 Å². The minimum absolute atomic E-state index is 0.0231. The molecular formula is C20H20N4O3. The number of amides is 4. The minimum atomic E-state index is -0.402. The third-order valence-electron chi connectivity index (χ3n) is 4.82. The Kier molecular flexibility index (Phi) is 4.60. The van der Waals surface area contributed by atoms with E-state index >= 15 is 0 Å². The van der Waals surface area contributed by atoms with Crippen LogP contribution in [0.25, 0.3) is 0 Å². The molecule has 2 heterocycles. The summed E-state index contributed by atoms with van der Waals surface area (Å²) < 4.78 is 0. The fourth-order valence-electron chi connectivity index (χ4n) is 3.35. The van der Waals surface area contributed by atoms with Crippen LogP contribution in [-0.4, -0.2) is 29.3 Å². The molecule has 2 aliphatic heterocycles. The fourth-order valence-corrected chi connectivity index (χ4v) is 3.35. The van der Waals surface area contributed by atoms with Gasteiger partial charge in [0.15, 0.2) is 0 Å². The Labute approximate surface area is 156 Å². The number of fused-ring (bicyclic) bond motifs is 1. The summed E-state index contributed by atoms with van der Waals surface area (Å²) in [6, 6.07) is 12.8. The summed E-state index contributed by atoms with van der Waals surface area (Å²) in [7, 11) is 0. The molecule has 138 valence electrons. The van der Waals surface area contributed by atoms with E-state index in [-0.39, 0.29) is 24.9 Å². The van der Waals surface area contributed by atoms with Crippen molar-refractivity contribution in [2.45, 2.75) is 26.2 Å². The number of rotatable bonds is 5. The Morgan fingerprint density at radius 3 is 2.67 bits per heavy atom. The Bertz CT molecular complexity index is 909. The molecule has 4 rings (SSSR count). The maximum Gasteiger partial charge on any atom is 0.324 e. The molecule has 3 N–H and O–H groups in total. The van der Waals surface area contributed by atoms with Crippen molar-refractivity contribution in [2.24, 2.45) is 0 Å². The SMILES string of the molecule is O=C(NCc1ccc2c(c1)CNC2)c1cccc(CN2C(=O)CNC2=O)c1. The smallest absolute Gasteiger partial charge is 0.324 e. The van der Waals surface area contributed by atoms with Crippen LogP contribution in [0.1, 0.15) is 32.6 Å². The van der Waals surface area contributed by atoms with Gasteiger partial charge < -0.3 is 16.0 Å². The summed E-state index contributed by atoms with van der Waals surface area (Å²) in [6.07, 6.45) is 0. The third-order valence-corrected chi connectivity index (χ3v) is 4.82. The first-order valence-electron chi connectivity index (χ1n) is 8.87. The largest absolute Gasteiger partial charge is 0.348 e. The second kappa shape index (κ2) is 7.20. The normalized spacial score (nSPS) is 15.6. The van der Waals surface area contributed by atoms with Crippen LogP contribution >= 0.6 is 0 Å². The molecule has 2 aromatic carbocycles. The second-order valence-electron chi connectivity index (χ2n) is 6.73. The number of carbonyl (C=O) groups is 3. The van der Waals surface area contributed by atoms with E-state index in [9.17, 15) is 14.4 Å². The molecule has 1 fully saturated rings. The summed E-state index contributed by atoms with van der Waals surface area (Å²) in [6.45, 7) is 2.39. The monoisotopic (exact) mass is 364 g/mol. The van der Waals surface area contributed by atoms with Crippen molar-refractivity contribution in [2.75, 3.05) is 6.54 Å². The fraction of sp³-hybridized carbons (Fsp3) is 0.250. The number of carbonyl (C=O) groups excluding carboxylic acids is 3. The number of imide groups is 1. The molecule has 0 radical (unpaired) electrons. The zero-order chi connectivity index (χ0) is 18.8. The molecule has 7 nitrogen and oxygen atoms in total. The van der Waals surface area contributed by atoms with Gasteiger partial charge in [0, 0.05) is 25.2 Å². The van der Waals surface area contributed by atoms with Crippen molar-refractivity contribution in [3.63, 3.8) is 0 Å². The van der Waals surface area contributed by atoms with E-state index < -0.39 is 6.03 Å². The quantitative estimate of drug-likeness (QED) is 0.697. The standard InChI is InChI=1S/C20H20N4O3/c25-18-11-23-20(27)24(18)12-14-2-1-3-15(7-14)19(26)22-8-13-4-5-16-9-21-10-17(16)6-13/h1-7,21H,8-12H2,(H,22,26)(H,23,27). The number of benzene rings is 2. The lowest BCUT2D eigenvalue weighted by molar-refractivity contribution is -0.125. The topological polar surface area (TPSA) is 90.5 Å². The van der Waals surface area contributed by atoms with Crippen LogP contribution in [0.4, 0.5) is 4.79 Å². The van der Waals surface area contributed by atoms with Crippen LogP contribution in [0.2, 0.25) is 0 Å². The Morgan fingerprint density at radius 2 is 1.85 bits per heavy atom. The molecule has 0 bridgehead atoms. The Hall–Kier alpha value is -3.19. The maximum atomic E-state index is 12.5. The molecule has 0 saturated carbocycles. The average molecular weight is 364 g/mol. The molecule has 0 spiro atoms. The Morgan fingerprint density at radius 1 is 1.00 bits per heavy atom. The van der Waals surface area contributed by atoms with Gasteiger partial charge >= 0.3 is 6.03 Å². The van der Waals surface area contributed by atoms with Gasteiger partial charge in [0.05, 0.1) is 13.1 Å². The molecule has 2 aliphatic rings. The predicted molar refractivity (Wildman–Crippen MR) is 98.5 cm³/mol. The first-order valence-corrected chi connectivity index (χ1v) is 8.87. The van der Waals surface area contributed by atoms with Gasteiger partial charge in [0.2, 0.25) is 5.91 Å². The molecule has 27 heavy (non-hydrogen) atoms. The number of nitrogens with zero attached hydrogens (tertiary/aromatic N) is 1. The van der Waals surface area contributed by atoms with Crippen molar-refractivity contribution in [1.82, 2.24) is 20.9 Å². The van der Waals surface area contributed by atoms with Gasteiger partial charge in [-0.3, -0.25) is 14.5 Å². The van der Waals surface area contributed by atoms with E-state index in [1.807, 2.05) is 6.07 Å². The number of urea groups is 1. The maximum absolute atomic E-state index is 12.5. The summed E-state index contributed by atoms with van der Waals surface area (Å²) in [5.74, 6) is -0.450. The van der Waals surface area contributed by atoms with Crippen LogP contribution < -0.4 is 16.0 Å². The molecular weight excluding hydrogens is 344 g/mol. The number of hydrogen-bond donors (Lipinski definition) is 3. The van der Waals surface area contributed by atoms with Crippen LogP contribution in [-0.2, 0) is 31.0 Å². The summed E-state index contributed by atoms with van der Waals surface area (Å²) in [4.78, 5) is 37.0. The van der Waals surface area contributed by atoms with E-state index in [4.69, 9.17) is 0 Å². The first kappa shape index (κ1) is 17.2. The third kappa shape index (κ3) is 3.68. The highest BCUT2D eigenvalue weighted by molar-refractivity contribution is 6.02. The zero-order valence-corrected chi connectivity index (χ0v) is 14.7. The number of nitrogens with one attached hydrogen (secondary N) is 3. The summed E-state index contributed by atoms with van der Waals surface area (Å²) in [5, 5.41) is 8.72. The van der Waals surface area contributed by atoms with E-state index in [0.717, 1.165) is 29.1 Å². The van der Waals surface area contributed by atoms with E-state index in [1.54, 1.807) is 24.3 Å². The van der Waals surface area contributed by atoms with Crippen LogP contribution in [0.5, 0.6) is 0 Å². The summed E-state index contributed by atoms with van der Waals surface area (Å²) >= 11 is 0. The van der Waals surface area contributed by atoms with Crippen molar-refractivity contribution in [1.29, 1.82) is 0 Å². The summed E-state index contributed by atoms with van der Waals surface area (Å²) in [5.41, 5.74) is 4.87. The first-order chi connectivity index (χ1) is 13.1. The van der Waals surface area contributed by atoms with Gasteiger partial charge in [-0.25, -0.2) is 4.79 Å². The lowest BCUT2D eigenvalue weighted by atomic mass is 10.1. The molecule has 2 aromatic rings. The highest BCUT2D eigenvalue weighted by Crippen LogP contribution is 2.17. The van der Waals surface area contributed by atoms with E-state index in [0.29, 0.717) is 12.1 Å². The average Bonchev–Trinajstić information content (AvgIpc) is 3.27. The zero-order valence-electron chi connectivity index (χ0n) is 14.7. The Balaban J connectivity index is 1.40. The van der Waals surface area contributed by atoms with Crippen LogP contribution in [0, 0.1) is 0 Å². The van der Waals surface area contributed by atoms with Crippen molar-refractivity contribution in [3.05, 3.63) is 70.3 Å². The highest BCUT2D eigenvalue weighted by Gasteiger charge is 2.28. The highest BCUT2D eigenvalue weighted by atomic mass is 16.2. The van der Waals surface area contributed by atoms with Gasteiger partial charge in [0.25, 0.3) is 5.91 Å². The lowest BCUT2D eigenvalue weighted by Gasteiger charge is -2.13. The van der Waals surface area contributed by atoms with E-state index in [1.165, 1.54) is 11.1 Å². The van der Waals surface area contributed by atoms with Gasteiger partial charge in [0.1, 0.15) is 0 Å². The van der Waals surface area contributed by atoms with E-state index in [2.05, 4.69) is 28.1 Å². The lowest BCUT2D eigenvalue weighted by Crippen LogP contribution is -2.30. The molecule has 0 unspecified atom stereocenters. The molecule has 7 heteroatoms. The predicted octanol–water partition coefficient (Wildman–Crippen LogP) is 1.27. The van der Waals surface area contributed by atoms with Crippen LogP contribution in [0.3, 0.4) is 0 Å². The number of hydrogen-bond acceptors (Lipinski definition) is 4. The molecule has 4 amide bonds. The molecule has 0 aromatic heterocycles. The van der Waals surface area contributed by atoms with Crippen LogP contribution in [0.15, 0.2) is 42.5 Å². The minimum Gasteiger partial charge on any atom is -0.348 e. The van der Waals surface area contributed by atoms with Gasteiger partial charge in [-0.15, -0.1) is 0 Å². The molecule has 1 saturated heterocycles. The molecule has 0 aliphatic carbocycles. The second-order valence-corrected chi connectivity index (χ2v) is 6.73. The van der Waals surface area contributed by atoms with Gasteiger partial charge in [-0.2, -0.15) is 0 Å². The van der Waals surface area contributed by atoms with Gasteiger partial charge in [-0.1, -0.05) is 30.3 Å². The van der Waals surface area contributed by atoms with Crippen molar-refractivity contribution < 1.29 is 14.4 Å². The van der Waals surface area contributed by atoms with Crippen molar-refractivity contribution in [3.8, 4) is 0 Å². The molecule has 0 atom stereocenters.